The van der Waals surface area contributed by atoms with Gasteiger partial charge >= 0.3 is 0 Å². The van der Waals surface area contributed by atoms with Crippen molar-refractivity contribution in [2.45, 2.75) is 19.3 Å². The molecule has 0 aliphatic carbocycles. The minimum atomic E-state index is 0.733. The summed E-state index contributed by atoms with van der Waals surface area (Å²) in [5.74, 6) is 0. The summed E-state index contributed by atoms with van der Waals surface area (Å²) in [5, 5.41) is 0. The Morgan fingerprint density at radius 1 is 1.40 bits per heavy atom. The van der Waals surface area contributed by atoms with Crippen molar-refractivity contribution >= 4 is 6.29 Å². The van der Waals surface area contributed by atoms with Gasteiger partial charge in [0.1, 0.15) is 0 Å². The van der Waals surface area contributed by atoms with Crippen LogP contribution in [-0.4, -0.2) is 35.8 Å². The minimum absolute atomic E-state index is 0.733. The van der Waals surface area contributed by atoms with Crippen molar-refractivity contribution in [2.24, 2.45) is 0 Å². The van der Waals surface area contributed by atoms with Crippen LogP contribution in [0.15, 0.2) is 18.3 Å². The Balaban J connectivity index is 1.94. The lowest BCUT2D eigenvalue weighted by molar-refractivity contribution is 0.112. The zero-order valence-corrected chi connectivity index (χ0v) is 8.85. The van der Waals surface area contributed by atoms with E-state index >= 15 is 0 Å². The molecule has 3 heteroatoms. The molecule has 1 aromatic rings. The third kappa shape index (κ3) is 2.63. The van der Waals surface area contributed by atoms with Crippen molar-refractivity contribution in [1.29, 1.82) is 0 Å². The van der Waals surface area contributed by atoms with Gasteiger partial charge < -0.3 is 4.90 Å². The van der Waals surface area contributed by atoms with E-state index in [1.807, 2.05) is 12.1 Å². The molecule has 0 saturated carbocycles. The number of carbonyl (C=O) groups excluding carboxylic acids is 1. The van der Waals surface area contributed by atoms with Gasteiger partial charge in [0.15, 0.2) is 6.29 Å². The Labute approximate surface area is 90.1 Å². The highest BCUT2D eigenvalue weighted by molar-refractivity contribution is 5.76. The van der Waals surface area contributed by atoms with Crippen molar-refractivity contribution in [3.63, 3.8) is 0 Å². The molecular weight excluding hydrogens is 188 g/mol. The van der Waals surface area contributed by atoms with Crippen molar-refractivity contribution in [3.05, 3.63) is 29.6 Å². The lowest BCUT2D eigenvalue weighted by atomic mass is 10.1. The average molecular weight is 204 g/mol. The van der Waals surface area contributed by atoms with Crippen LogP contribution in [-0.2, 0) is 6.42 Å². The van der Waals surface area contributed by atoms with Crippen LogP contribution in [0.1, 0.15) is 28.9 Å². The smallest absolute Gasteiger partial charge is 0.151 e. The molecule has 0 N–H and O–H groups in total. The zero-order valence-electron chi connectivity index (χ0n) is 8.85. The molecule has 3 nitrogen and oxygen atoms in total. The quantitative estimate of drug-likeness (QED) is 0.697. The van der Waals surface area contributed by atoms with E-state index in [-0.39, 0.29) is 0 Å². The first-order valence-corrected chi connectivity index (χ1v) is 5.51. The van der Waals surface area contributed by atoms with E-state index in [1.165, 1.54) is 25.9 Å². The van der Waals surface area contributed by atoms with Crippen molar-refractivity contribution in [2.75, 3.05) is 19.6 Å². The lowest BCUT2D eigenvalue weighted by Crippen LogP contribution is -2.22. The number of pyridine rings is 1. The summed E-state index contributed by atoms with van der Waals surface area (Å²) < 4.78 is 0. The minimum Gasteiger partial charge on any atom is -0.303 e. The number of hydrogen-bond donors (Lipinski definition) is 0. The fraction of sp³-hybridized carbons (Fsp3) is 0.500. The van der Waals surface area contributed by atoms with Gasteiger partial charge in [-0.05, 0) is 38.1 Å². The molecule has 0 atom stereocenters. The maximum atomic E-state index is 10.8. The molecular formula is C12H16N2O. The van der Waals surface area contributed by atoms with E-state index in [0.717, 1.165) is 30.5 Å². The Bertz CT molecular complexity index is 332. The fourth-order valence-electron chi connectivity index (χ4n) is 2.04. The van der Waals surface area contributed by atoms with Crippen LogP contribution in [0, 0.1) is 0 Å². The molecule has 1 saturated heterocycles. The second-order valence-corrected chi connectivity index (χ2v) is 3.96. The molecule has 15 heavy (non-hydrogen) atoms. The summed E-state index contributed by atoms with van der Waals surface area (Å²) in [6.45, 7) is 3.42. The zero-order chi connectivity index (χ0) is 10.5. The predicted molar refractivity (Wildman–Crippen MR) is 59.0 cm³/mol. The van der Waals surface area contributed by atoms with Crippen molar-refractivity contribution in [1.82, 2.24) is 9.88 Å². The van der Waals surface area contributed by atoms with E-state index in [2.05, 4.69) is 9.88 Å². The van der Waals surface area contributed by atoms with Crippen molar-refractivity contribution < 1.29 is 4.79 Å². The van der Waals surface area contributed by atoms with Gasteiger partial charge in [-0.2, -0.15) is 0 Å². The molecule has 1 aliphatic heterocycles. The molecule has 2 rings (SSSR count). The summed E-state index contributed by atoms with van der Waals surface area (Å²) >= 11 is 0. The van der Waals surface area contributed by atoms with Crippen LogP contribution in [0.2, 0.25) is 0 Å². The molecule has 2 heterocycles. The number of hydrogen-bond acceptors (Lipinski definition) is 3. The largest absolute Gasteiger partial charge is 0.303 e. The van der Waals surface area contributed by atoms with Crippen LogP contribution in [0.4, 0.5) is 0 Å². The van der Waals surface area contributed by atoms with Gasteiger partial charge in [-0.15, -0.1) is 0 Å². The van der Waals surface area contributed by atoms with E-state index < -0.39 is 0 Å². The van der Waals surface area contributed by atoms with Gasteiger partial charge in [-0.1, -0.05) is 0 Å². The number of aromatic nitrogens is 1. The Hall–Kier alpha value is -1.22. The number of likely N-dealkylation sites (tertiary alicyclic amines) is 1. The Morgan fingerprint density at radius 3 is 2.93 bits per heavy atom. The van der Waals surface area contributed by atoms with Crippen LogP contribution < -0.4 is 0 Å². The third-order valence-electron chi connectivity index (χ3n) is 2.92. The number of carbonyl (C=O) groups is 1. The molecule has 0 aromatic carbocycles. The van der Waals surface area contributed by atoms with E-state index in [1.54, 1.807) is 6.20 Å². The maximum Gasteiger partial charge on any atom is 0.151 e. The number of rotatable bonds is 4. The van der Waals surface area contributed by atoms with Gasteiger partial charge in [0, 0.05) is 24.7 Å². The van der Waals surface area contributed by atoms with Gasteiger partial charge in [0.2, 0.25) is 0 Å². The van der Waals surface area contributed by atoms with Crippen LogP contribution in [0.5, 0.6) is 0 Å². The number of aldehydes is 1. The summed E-state index contributed by atoms with van der Waals surface area (Å²) in [6.07, 6.45) is 6.15. The number of nitrogens with zero attached hydrogens (tertiary/aromatic N) is 2. The highest BCUT2D eigenvalue weighted by Gasteiger charge is 2.12. The molecule has 0 unspecified atom stereocenters. The average Bonchev–Trinajstić information content (AvgIpc) is 2.79. The first-order chi connectivity index (χ1) is 7.40. The highest BCUT2D eigenvalue weighted by Crippen LogP contribution is 2.09. The lowest BCUT2D eigenvalue weighted by Gasteiger charge is -2.14. The van der Waals surface area contributed by atoms with Crippen LogP contribution in [0.3, 0.4) is 0 Å². The van der Waals surface area contributed by atoms with E-state index in [0.29, 0.717) is 0 Å². The third-order valence-corrected chi connectivity index (χ3v) is 2.92. The van der Waals surface area contributed by atoms with Gasteiger partial charge in [-0.25, -0.2) is 0 Å². The molecule has 1 aromatic heterocycles. The van der Waals surface area contributed by atoms with E-state index in [4.69, 9.17) is 0 Å². The monoisotopic (exact) mass is 204 g/mol. The second-order valence-electron chi connectivity index (χ2n) is 3.96. The van der Waals surface area contributed by atoms with E-state index in [9.17, 15) is 4.79 Å². The molecule has 1 aliphatic rings. The van der Waals surface area contributed by atoms with Gasteiger partial charge in [0.05, 0.1) is 5.69 Å². The molecule has 0 radical (unpaired) electrons. The molecule has 0 amide bonds. The summed E-state index contributed by atoms with van der Waals surface area (Å²) in [4.78, 5) is 17.5. The molecule has 0 spiro atoms. The predicted octanol–water partition coefficient (Wildman–Crippen LogP) is 1.53. The first kappa shape index (κ1) is 10.3. The Morgan fingerprint density at radius 2 is 2.20 bits per heavy atom. The fourth-order valence-corrected chi connectivity index (χ4v) is 2.04. The Kier molecular flexibility index (Phi) is 3.45. The van der Waals surface area contributed by atoms with Crippen LogP contribution >= 0.6 is 0 Å². The molecule has 80 valence electrons. The normalized spacial score (nSPS) is 16.8. The SMILES string of the molecule is O=Cc1cccnc1CCN1CCCC1. The van der Waals surface area contributed by atoms with Crippen LogP contribution in [0.25, 0.3) is 0 Å². The van der Waals surface area contributed by atoms with Gasteiger partial charge in [-0.3, -0.25) is 9.78 Å². The maximum absolute atomic E-state index is 10.8. The standard InChI is InChI=1S/C12H16N2O/c15-10-11-4-3-6-13-12(11)5-9-14-7-1-2-8-14/h3-4,6,10H,1-2,5,7-9H2. The summed E-state index contributed by atoms with van der Waals surface area (Å²) in [7, 11) is 0. The topological polar surface area (TPSA) is 33.2 Å². The summed E-state index contributed by atoms with van der Waals surface area (Å²) in [5.41, 5.74) is 1.66. The van der Waals surface area contributed by atoms with Crippen molar-refractivity contribution in [3.8, 4) is 0 Å². The first-order valence-electron chi connectivity index (χ1n) is 5.51. The molecule has 0 bridgehead atoms. The molecule has 1 fully saturated rings. The highest BCUT2D eigenvalue weighted by atomic mass is 16.1. The second kappa shape index (κ2) is 5.03. The summed E-state index contributed by atoms with van der Waals surface area (Å²) in [6, 6.07) is 3.64. The van der Waals surface area contributed by atoms with Gasteiger partial charge in [0.25, 0.3) is 0 Å².